The molecule has 100 valence electrons. The summed E-state index contributed by atoms with van der Waals surface area (Å²) in [6.07, 6.45) is 5.54. The first-order chi connectivity index (χ1) is 7.95. The highest BCUT2D eigenvalue weighted by atomic mass is 32.2. The summed E-state index contributed by atoms with van der Waals surface area (Å²) in [5.74, 6) is -0.569. The predicted molar refractivity (Wildman–Crippen MR) is 70.6 cm³/mol. The van der Waals surface area contributed by atoms with Crippen molar-refractivity contribution in [1.82, 2.24) is 5.32 Å². The Bertz CT molecular complexity index is 336. The molecular weight excluding hydrogens is 238 g/mol. The monoisotopic (exact) mass is 261 g/mol. The lowest BCUT2D eigenvalue weighted by Crippen LogP contribution is -2.39. The molecule has 0 heterocycles. The van der Waals surface area contributed by atoms with E-state index in [4.69, 9.17) is 0 Å². The van der Waals surface area contributed by atoms with Gasteiger partial charge in [-0.05, 0) is 13.3 Å². The fourth-order valence-corrected chi connectivity index (χ4v) is 2.41. The van der Waals surface area contributed by atoms with Crippen LogP contribution in [0.2, 0.25) is 0 Å². The van der Waals surface area contributed by atoms with E-state index in [2.05, 4.69) is 18.8 Å². The normalized spacial score (nSPS) is 13.1. The third-order valence-electron chi connectivity index (χ3n) is 2.59. The minimum Gasteiger partial charge on any atom is -0.355 e. The molecule has 0 radical (unpaired) electrons. The van der Waals surface area contributed by atoms with Gasteiger partial charge in [0.05, 0.1) is 5.75 Å². The third-order valence-corrected chi connectivity index (χ3v) is 4.58. The van der Waals surface area contributed by atoms with E-state index < -0.39 is 21.0 Å². The zero-order valence-corrected chi connectivity index (χ0v) is 11.6. The Morgan fingerprint density at radius 2 is 2.00 bits per heavy atom. The van der Waals surface area contributed by atoms with E-state index in [-0.39, 0.29) is 5.75 Å². The van der Waals surface area contributed by atoms with Gasteiger partial charge < -0.3 is 5.32 Å². The molecule has 0 saturated heterocycles. The van der Waals surface area contributed by atoms with E-state index in [9.17, 15) is 13.2 Å². The number of carbonyl (C=O) groups excluding carboxylic acids is 1. The van der Waals surface area contributed by atoms with E-state index in [1.165, 1.54) is 13.0 Å². The number of rotatable bonds is 9. The molecule has 17 heavy (non-hydrogen) atoms. The summed E-state index contributed by atoms with van der Waals surface area (Å²) in [6.45, 7) is 7.45. The maximum Gasteiger partial charge on any atom is 0.238 e. The molecule has 0 aliphatic carbocycles. The molecule has 4 nitrogen and oxygen atoms in total. The number of hydrogen-bond donors (Lipinski definition) is 1. The van der Waals surface area contributed by atoms with Gasteiger partial charge in [0.25, 0.3) is 0 Å². The lowest BCUT2D eigenvalue weighted by atomic mass is 10.2. The minimum absolute atomic E-state index is 0.155. The first-order valence-electron chi connectivity index (χ1n) is 6.06. The lowest BCUT2D eigenvalue weighted by molar-refractivity contribution is -0.120. The first kappa shape index (κ1) is 16.2. The molecule has 5 heteroatoms. The standard InChI is InChI=1S/C12H23NO3S/c1-4-6-7-8-9-13-12(14)11(3)17(15,16)10-5-2/h5,11H,2,4,6-10H2,1,3H3,(H,13,14). The van der Waals surface area contributed by atoms with Crippen molar-refractivity contribution in [3.63, 3.8) is 0 Å². The summed E-state index contributed by atoms with van der Waals surface area (Å²) in [4.78, 5) is 11.6. The molecule has 1 N–H and O–H groups in total. The van der Waals surface area contributed by atoms with Crippen molar-refractivity contribution in [2.75, 3.05) is 12.3 Å². The summed E-state index contributed by atoms with van der Waals surface area (Å²) in [7, 11) is -3.39. The van der Waals surface area contributed by atoms with Gasteiger partial charge >= 0.3 is 0 Å². The maximum atomic E-state index is 11.6. The van der Waals surface area contributed by atoms with Gasteiger partial charge in [-0.3, -0.25) is 4.79 Å². The molecule has 0 rings (SSSR count). The summed E-state index contributed by atoms with van der Waals surface area (Å²) in [5, 5.41) is 1.66. The Labute approximate surface area is 104 Å². The average molecular weight is 261 g/mol. The second kappa shape index (κ2) is 8.28. The van der Waals surface area contributed by atoms with Crippen LogP contribution in [0.25, 0.3) is 0 Å². The molecule has 0 aliphatic heterocycles. The Morgan fingerprint density at radius 3 is 2.53 bits per heavy atom. The van der Waals surface area contributed by atoms with Crippen LogP contribution in [0.1, 0.15) is 39.5 Å². The smallest absolute Gasteiger partial charge is 0.238 e. The van der Waals surface area contributed by atoms with Crippen LogP contribution in [0.15, 0.2) is 12.7 Å². The van der Waals surface area contributed by atoms with Gasteiger partial charge in [0.15, 0.2) is 9.84 Å². The Balaban J connectivity index is 4.02. The van der Waals surface area contributed by atoms with Crippen molar-refractivity contribution in [3.05, 3.63) is 12.7 Å². The lowest BCUT2D eigenvalue weighted by Gasteiger charge is -2.11. The molecule has 0 saturated carbocycles. The third kappa shape index (κ3) is 6.46. The van der Waals surface area contributed by atoms with Crippen LogP contribution in [0.5, 0.6) is 0 Å². The second-order valence-electron chi connectivity index (χ2n) is 4.11. The molecule has 0 spiro atoms. The number of carbonyl (C=O) groups is 1. The molecule has 1 amide bonds. The van der Waals surface area contributed by atoms with Gasteiger partial charge in [0.1, 0.15) is 5.25 Å². The molecule has 0 bridgehead atoms. The van der Waals surface area contributed by atoms with Crippen LogP contribution in [0.4, 0.5) is 0 Å². The zero-order chi connectivity index (χ0) is 13.3. The highest BCUT2D eigenvalue weighted by Crippen LogP contribution is 2.03. The number of unbranched alkanes of at least 4 members (excludes halogenated alkanes) is 3. The van der Waals surface area contributed by atoms with E-state index in [0.717, 1.165) is 25.7 Å². The summed E-state index contributed by atoms with van der Waals surface area (Å²) >= 11 is 0. The van der Waals surface area contributed by atoms with Crippen LogP contribution in [-0.2, 0) is 14.6 Å². The second-order valence-corrected chi connectivity index (χ2v) is 6.48. The number of sulfone groups is 1. The zero-order valence-electron chi connectivity index (χ0n) is 10.7. The van der Waals surface area contributed by atoms with E-state index in [1.54, 1.807) is 0 Å². The first-order valence-corrected chi connectivity index (χ1v) is 7.77. The van der Waals surface area contributed by atoms with Crippen LogP contribution in [0, 0.1) is 0 Å². The average Bonchev–Trinajstić information content (AvgIpc) is 2.27. The summed E-state index contributed by atoms with van der Waals surface area (Å²) < 4.78 is 23.2. The van der Waals surface area contributed by atoms with Gasteiger partial charge in [-0.15, -0.1) is 6.58 Å². The summed E-state index contributed by atoms with van der Waals surface area (Å²) in [5.41, 5.74) is 0. The molecule has 0 aromatic carbocycles. The predicted octanol–water partition coefficient (Wildman–Crippen LogP) is 1.67. The largest absolute Gasteiger partial charge is 0.355 e. The highest BCUT2D eigenvalue weighted by Gasteiger charge is 2.26. The number of hydrogen-bond acceptors (Lipinski definition) is 3. The molecule has 1 atom stereocenters. The number of nitrogens with one attached hydrogen (secondary N) is 1. The maximum absolute atomic E-state index is 11.6. The van der Waals surface area contributed by atoms with E-state index in [1.807, 2.05) is 0 Å². The molecule has 0 aromatic rings. The Morgan fingerprint density at radius 1 is 1.35 bits per heavy atom. The Hall–Kier alpha value is -0.840. The van der Waals surface area contributed by atoms with Crippen LogP contribution in [-0.4, -0.2) is 31.9 Å². The Kier molecular flexibility index (Phi) is 7.87. The SMILES string of the molecule is C=CCS(=O)(=O)C(C)C(=O)NCCCCCC. The van der Waals surface area contributed by atoms with E-state index in [0.29, 0.717) is 6.54 Å². The van der Waals surface area contributed by atoms with Crippen molar-refractivity contribution in [3.8, 4) is 0 Å². The fraction of sp³-hybridized carbons (Fsp3) is 0.750. The topological polar surface area (TPSA) is 63.2 Å². The summed E-state index contributed by atoms with van der Waals surface area (Å²) in [6, 6.07) is 0. The number of amides is 1. The van der Waals surface area contributed by atoms with Crippen LogP contribution < -0.4 is 5.32 Å². The van der Waals surface area contributed by atoms with Gasteiger partial charge in [0, 0.05) is 6.54 Å². The van der Waals surface area contributed by atoms with Crippen molar-refractivity contribution >= 4 is 15.7 Å². The van der Waals surface area contributed by atoms with Crippen LogP contribution >= 0.6 is 0 Å². The van der Waals surface area contributed by atoms with Gasteiger partial charge in [0.2, 0.25) is 5.91 Å². The van der Waals surface area contributed by atoms with Crippen LogP contribution in [0.3, 0.4) is 0 Å². The minimum atomic E-state index is -3.39. The molecule has 0 aromatic heterocycles. The quantitative estimate of drug-likeness (QED) is 0.507. The van der Waals surface area contributed by atoms with Gasteiger partial charge in [-0.1, -0.05) is 32.3 Å². The molecular formula is C12H23NO3S. The molecule has 0 aliphatic rings. The van der Waals surface area contributed by atoms with E-state index >= 15 is 0 Å². The molecule has 0 fully saturated rings. The van der Waals surface area contributed by atoms with Gasteiger partial charge in [-0.25, -0.2) is 8.42 Å². The van der Waals surface area contributed by atoms with Crippen molar-refractivity contribution < 1.29 is 13.2 Å². The van der Waals surface area contributed by atoms with Crippen molar-refractivity contribution in [2.24, 2.45) is 0 Å². The van der Waals surface area contributed by atoms with Crippen molar-refractivity contribution in [2.45, 2.75) is 44.8 Å². The highest BCUT2D eigenvalue weighted by molar-refractivity contribution is 7.92. The van der Waals surface area contributed by atoms with Gasteiger partial charge in [-0.2, -0.15) is 0 Å². The fourth-order valence-electron chi connectivity index (χ4n) is 1.38. The molecule has 1 unspecified atom stereocenters. The van der Waals surface area contributed by atoms with Crippen molar-refractivity contribution in [1.29, 1.82) is 0 Å².